The lowest BCUT2D eigenvalue weighted by Gasteiger charge is -2.14. The number of nitrogens with one attached hydrogen (secondary N) is 1. The molecule has 0 aromatic heterocycles. The van der Waals surface area contributed by atoms with Crippen molar-refractivity contribution in [1.29, 1.82) is 0 Å². The van der Waals surface area contributed by atoms with E-state index in [4.69, 9.17) is 4.74 Å². The molecule has 1 aromatic carbocycles. The quantitative estimate of drug-likeness (QED) is 0.807. The Morgan fingerprint density at radius 3 is 2.75 bits per heavy atom. The largest absolute Gasteiger partial charge is 0.493 e. The van der Waals surface area contributed by atoms with Crippen LogP contribution in [0.25, 0.3) is 0 Å². The van der Waals surface area contributed by atoms with E-state index in [9.17, 15) is 0 Å². The number of hydrogen-bond acceptors (Lipinski definition) is 2. The Morgan fingerprint density at radius 1 is 1.38 bits per heavy atom. The molecular weight excluding hydrogens is 266 g/mol. The van der Waals surface area contributed by atoms with Gasteiger partial charge in [0, 0.05) is 4.47 Å². The van der Waals surface area contributed by atoms with Crippen LogP contribution in [-0.4, -0.2) is 20.2 Å². The second kappa shape index (κ2) is 6.92. The molecule has 0 saturated carbocycles. The number of benzene rings is 1. The van der Waals surface area contributed by atoms with Crippen molar-refractivity contribution in [3.63, 3.8) is 0 Å². The fourth-order valence-corrected chi connectivity index (χ4v) is 1.91. The smallest absolute Gasteiger partial charge is 0.122 e. The Bertz CT molecular complexity index is 326. The topological polar surface area (TPSA) is 21.3 Å². The fourth-order valence-electron chi connectivity index (χ4n) is 1.53. The molecule has 0 aliphatic carbocycles. The van der Waals surface area contributed by atoms with Crippen LogP contribution in [0.3, 0.4) is 0 Å². The standard InChI is InChI=1S/C13H20BrNO/c1-10(2)12-9-11(14)5-6-13(12)16-8-4-7-15-3/h5-6,9-10,15H,4,7-8H2,1-3H3. The molecule has 0 saturated heterocycles. The first-order chi connectivity index (χ1) is 7.65. The maximum Gasteiger partial charge on any atom is 0.122 e. The molecule has 1 rings (SSSR count). The zero-order chi connectivity index (χ0) is 12.0. The number of ether oxygens (including phenoxy) is 1. The molecule has 0 unspecified atom stereocenters. The van der Waals surface area contributed by atoms with Crippen LogP contribution in [0, 0.1) is 0 Å². The molecule has 0 bridgehead atoms. The van der Waals surface area contributed by atoms with Gasteiger partial charge in [0.15, 0.2) is 0 Å². The zero-order valence-electron chi connectivity index (χ0n) is 10.2. The number of rotatable bonds is 6. The van der Waals surface area contributed by atoms with Crippen molar-refractivity contribution in [3.05, 3.63) is 28.2 Å². The molecule has 0 amide bonds. The van der Waals surface area contributed by atoms with E-state index in [2.05, 4.69) is 41.2 Å². The van der Waals surface area contributed by atoms with Crippen molar-refractivity contribution < 1.29 is 4.74 Å². The SMILES string of the molecule is CNCCCOc1ccc(Br)cc1C(C)C. The predicted octanol–water partition coefficient (Wildman–Crippen LogP) is 3.56. The van der Waals surface area contributed by atoms with Crippen molar-refractivity contribution in [2.45, 2.75) is 26.2 Å². The predicted molar refractivity (Wildman–Crippen MR) is 72.3 cm³/mol. The molecule has 3 heteroatoms. The molecular formula is C13H20BrNO. The Hall–Kier alpha value is -0.540. The van der Waals surface area contributed by atoms with Gasteiger partial charge in [-0.05, 0) is 49.7 Å². The summed E-state index contributed by atoms with van der Waals surface area (Å²) < 4.78 is 6.90. The first-order valence-corrected chi connectivity index (χ1v) is 6.51. The van der Waals surface area contributed by atoms with Crippen LogP contribution in [0.5, 0.6) is 5.75 Å². The Kier molecular flexibility index (Phi) is 5.85. The van der Waals surface area contributed by atoms with Crippen LogP contribution in [-0.2, 0) is 0 Å². The van der Waals surface area contributed by atoms with Crippen LogP contribution >= 0.6 is 15.9 Å². The molecule has 1 aromatic rings. The summed E-state index contributed by atoms with van der Waals surface area (Å²) >= 11 is 3.49. The average molecular weight is 286 g/mol. The maximum absolute atomic E-state index is 5.79. The second-order valence-corrected chi connectivity index (χ2v) is 5.06. The van der Waals surface area contributed by atoms with Gasteiger partial charge in [-0.2, -0.15) is 0 Å². The second-order valence-electron chi connectivity index (χ2n) is 4.14. The molecule has 0 spiro atoms. The molecule has 0 heterocycles. The summed E-state index contributed by atoms with van der Waals surface area (Å²) in [7, 11) is 1.96. The van der Waals surface area contributed by atoms with Crippen LogP contribution in [0.4, 0.5) is 0 Å². The van der Waals surface area contributed by atoms with E-state index in [0.717, 1.165) is 29.8 Å². The lowest BCUT2D eigenvalue weighted by Crippen LogP contribution is -2.12. The monoisotopic (exact) mass is 285 g/mol. The molecule has 90 valence electrons. The van der Waals surface area contributed by atoms with Gasteiger partial charge in [-0.25, -0.2) is 0 Å². The van der Waals surface area contributed by atoms with E-state index >= 15 is 0 Å². The Balaban J connectivity index is 2.64. The lowest BCUT2D eigenvalue weighted by molar-refractivity contribution is 0.305. The van der Waals surface area contributed by atoms with Gasteiger partial charge >= 0.3 is 0 Å². The highest BCUT2D eigenvalue weighted by Crippen LogP contribution is 2.29. The fraction of sp³-hybridized carbons (Fsp3) is 0.538. The van der Waals surface area contributed by atoms with Crippen molar-refractivity contribution in [3.8, 4) is 5.75 Å². The average Bonchev–Trinajstić information content (AvgIpc) is 2.26. The minimum atomic E-state index is 0.483. The highest BCUT2D eigenvalue weighted by molar-refractivity contribution is 9.10. The van der Waals surface area contributed by atoms with Gasteiger partial charge in [-0.1, -0.05) is 29.8 Å². The van der Waals surface area contributed by atoms with Gasteiger partial charge in [0.1, 0.15) is 5.75 Å². The normalized spacial score (nSPS) is 10.8. The molecule has 0 fully saturated rings. The van der Waals surface area contributed by atoms with E-state index in [1.807, 2.05) is 19.2 Å². The highest BCUT2D eigenvalue weighted by Gasteiger charge is 2.08. The summed E-state index contributed by atoms with van der Waals surface area (Å²) in [5, 5.41) is 3.11. The van der Waals surface area contributed by atoms with Crippen molar-refractivity contribution in [2.75, 3.05) is 20.2 Å². The van der Waals surface area contributed by atoms with Crippen LogP contribution in [0.15, 0.2) is 22.7 Å². The summed E-state index contributed by atoms with van der Waals surface area (Å²) in [4.78, 5) is 0. The minimum absolute atomic E-state index is 0.483. The number of hydrogen-bond donors (Lipinski definition) is 1. The van der Waals surface area contributed by atoms with Gasteiger partial charge in [-0.3, -0.25) is 0 Å². The Labute approximate surface area is 107 Å². The van der Waals surface area contributed by atoms with E-state index in [0.29, 0.717) is 5.92 Å². The Morgan fingerprint density at radius 2 is 2.12 bits per heavy atom. The summed E-state index contributed by atoms with van der Waals surface area (Å²) in [6.45, 7) is 6.13. The van der Waals surface area contributed by atoms with Crippen LogP contribution < -0.4 is 10.1 Å². The van der Waals surface area contributed by atoms with Gasteiger partial charge in [-0.15, -0.1) is 0 Å². The highest BCUT2D eigenvalue weighted by atomic mass is 79.9. The number of halogens is 1. The molecule has 0 aliphatic rings. The molecule has 16 heavy (non-hydrogen) atoms. The summed E-state index contributed by atoms with van der Waals surface area (Å²) in [6.07, 6.45) is 1.03. The molecule has 1 N–H and O–H groups in total. The van der Waals surface area contributed by atoms with Crippen molar-refractivity contribution >= 4 is 15.9 Å². The maximum atomic E-state index is 5.79. The van der Waals surface area contributed by atoms with Crippen LogP contribution in [0.2, 0.25) is 0 Å². The first kappa shape index (κ1) is 13.5. The van der Waals surface area contributed by atoms with Gasteiger partial charge < -0.3 is 10.1 Å². The molecule has 0 aliphatic heterocycles. The third-order valence-corrected chi connectivity index (χ3v) is 2.92. The summed E-state index contributed by atoms with van der Waals surface area (Å²) in [6, 6.07) is 6.20. The van der Waals surface area contributed by atoms with Gasteiger partial charge in [0.25, 0.3) is 0 Å². The van der Waals surface area contributed by atoms with Gasteiger partial charge in [0.05, 0.1) is 6.61 Å². The van der Waals surface area contributed by atoms with Crippen molar-refractivity contribution in [1.82, 2.24) is 5.32 Å². The third-order valence-electron chi connectivity index (χ3n) is 2.42. The lowest BCUT2D eigenvalue weighted by atomic mass is 10.0. The van der Waals surface area contributed by atoms with Crippen LogP contribution in [0.1, 0.15) is 31.7 Å². The van der Waals surface area contributed by atoms with Crippen molar-refractivity contribution in [2.24, 2.45) is 0 Å². The van der Waals surface area contributed by atoms with E-state index in [1.54, 1.807) is 0 Å². The molecule has 0 atom stereocenters. The molecule has 2 nitrogen and oxygen atoms in total. The zero-order valence-corrected chi connectivity index (χ0v) is 11.8. The van der Waals surface area contributed by atoms with E-state index < -0.39 is 0 Å². The molecule has 0 radical (unpaired) electrons. The summed E-state index contributed by atoms with van der Waals surface area (Å²) in [5.41, 5.74) is 1.26. The summed E-state index contributed by atoms with van der Waals surface area (Å²) in [5.74, 6) is 1.49. The van der Waals surface area contributed by atoms with E-state index in [1.165, 1.54) is 5.56 Å². The van der Waals surface area contributed by atoms with Gasteiger partial charge in [0.2, 0.25) is 0 Å². The first-order valence-electron chi connectivity index (χ1n) is 5.72. The minimum Gasteiger partial charge on any atom is -0.493 e. The third kappa shape index (κ3) is 4.14. The van der Waals surface area contributed by atoms with E-state index in [-0.39, 0.29) is 0 Å².